The summed E-state index contributed by atoms with van der Waals surface area (Å²) in [6, 6.07) is 13.3. The largest absolute Gasteiger partial charge is 0.454 e. The van der Waals surface area contributed by atoms with Crippen molar-refractivity contribution in [3.8, 4) is 6.01 Å². The molecule has 0 aliphatic heterocycles. The highest BCUT2D eigenvalue weighted by Crippen LogP contribution is 2.48. The Kier molecular flexibility index (Phi) is 11.5. The summed E-state index contributed by atoms with van der Waals surface area (Å²) in [7, 11) is 0. The SMILES string of the molecule is O=C(NCCCNc1c(NC2CCCCCCC2)c(=O)c1=O)c1ccc(Nc2nc(NC3(c4ccc(Cl)cc4)CC3)nc(OCC(F)(F)F)n2)cc1. The topological polar surface area (TPSA) is 159 Å². The lowest BCUT2D eigenvalue weighted by Gasteiger charge is -2.24. The average molecular weight is 741 g/mol. The van der Waals surface area contributed by atoms with Gasteiger partial charge in [-0.3, -0.25) is 14.4 Å². The summed E-state index contributed by atoms with van der Waals surface area (Å²) in [5.74, 6) is -0.352. The fourth-order valence-electron chi connectivity index (χ4n) is 6.22. The van der Waals surface area contributed by atoms with Crippen LogP contribution >= 0.6 is 11.6 Å². The molecule has 4 aromatic rings. The molecule has 0 atom stereocenters. The minimum Gasteiger partial charge on any atom is -0.454 e. The molecule has 2 aliphatic rings. The number of hydrogen-bond acceptors (Lipinski definition) is 11. The number of alkyl halides is 3. The number of nitrogens with one attached hydrogen (secondary N) is 5. The Morgan fingerprint density at radius 1 is 0.846 bits per heavy atom. The molecular formula is C36H40ClF3N8O4. The fraction of sp³-hybridized carbons (Fsp3) is 0.444. The molecular weight excluding hydrogens is 701 g/mol. The summed E-state index contributed by atoms with van der Waals surface area (Å²) in [6.45, 7) is -0.858. The van der Waals surface area contributed by atoms with Gasteiger partial charge >= 0.3 is 12.2 Å². The van der Waals surface area contributed by atoms with Crippen LogP contribution in [0.5, 0.6) is 6.01 Å². The number of halogens is 4. The molecule has 0 radical (unpaired) electrons. The molecule has 1 aromatic heterocycles. The molecule has 2 saturated carbocycles. The zero-order valence-electron chi connectivity index (χ0n) is 28.4. The maximum atomic E-state index is 12.9. The molecule has 1 heterocycles. The maximum absolute atomic E-state index is 12.9. The van der Waals surface area contributed by atoms with E-state index in [-0.39, 0.29) is 23.8 Å². The van der Waals surface area contributed by atoms with Crippen LogP contribution in [-0.2, 0) is 5.54 Å². The van der Waals surface area contributed by atoms with Crippen LogP contribution < -0.4 is 42.2 Å². The molecule has 16 heteroatoms. The second-order valence-electron chi connectivity index (χ2n) is 13.2. The lowest BCUT2D eigenvalue weighted by Crippen LogP contribution is -2.40. The van der Waals surface area contributed by atoms with Gasteiger partial charge in [0, 0.05) is 35.4 Å². The third kappa shape index (κ3) is 9.69. The van der Waals surface area contributed by atoms with Crippen LogP contribution in [0.25, 0.3) is 0 Å². The average Bonchev–Trinajstić information content (AvgIpc) is 3.89. The number of amides is 1. The van der Waals surface area contributed by atoms with E-state index < -0.39 is 35.2 Å². The van der Waals surface area contributed by atoms with Crippen LogP contribution in [0, 0.1) is 0 Å². The van der Waals surface area contributed by atoms with Gasteiger partial charge in [0.25, 0.3) is 16.8 Å². The number of ether oxygens (including phenoxy) is 1. The van der Waals surface area contributed by atoms with Crippen molar-refractivity contribution in [3.05, 3.63) is 85.1 Å². The highest BCUT2D eigenvalue weighted by atomic mass is 35.5. The number of carbonyl (C=O) groups excluding carboxylic acids is 1. The van der Waals surface area contributed by atoms with Crippen molar-refractivity contribution in [2.45, 2.75) is 82.0 Å². The highest BCUT2D eigenvalue weighted by Gasteiger charge is 2.45. The highest BCUT2D eigenvalue weighted by molar-refractivity contribution is 6.30. The van der Waals surface area contributed by atoms with Crippen molar-refractivity contribution in [3.63, 3.8) is 0 Å². The lowest BCUT2D eigenvalue weighted by atomic mass is 9.96. The quantitative estimate of drug-likeness (QED) is 0.0655. The first kappa shape index (κ1) is 36.9. The standard InChI is InChI=1S/C36H40ClF3N8O4/c37-24-13-11-23(12-14-24)35(17-18-35)48-33-45-32(46-34(47-33)52-21-36(38,39)40)44-26-15-9-22(10-16-26)31(51)42-20-6-19-41-27-28(30(50)29(27)49)43-25-7-4-2-1-3-5-8-25/h9-16,25,41,43H,1-8,17-21H2,(H,42,51)(H2,44,45,46,47,48). The number of rotatable bonds is 15. The second-order valence-corrected chi connectivity index (χ2v) is 13.7. The molecule has 0 unspecified atom stereocenters. The molecule has 0 saturated heterocycles. The summed E-state index contributed by atoms with van der Waals surface area (Å²) < 4.78 is 43.6. The molecule has 276 valence electrons. The zero-order valence-corrected chi connectivity index (χ0v) is 29.1. The molecule has 1 amide bonds. The molecule has 5 N–H and O–H groups in total. The molecule has 3 aromatic carbocycles. The van der Waals surface area contributed by atoms with Gasteiger partial charge in [0.15, 0.2) is 6.61 Å². The first-order chi connectivity index (χ1) is 25.0. The summed E-state index contributed by atoms with van der Waals surface area (Å²) >= 11 is 6.04. The van der Waals surface area contributed by atoms with E-state index in [0.717, 1.165) is 44.1 Å². The van der Waals surface area contributed by atoms with Gasteiger partial charge in [0.05, 0.1) is 5.54 Å². The Balaban J connectivity index is 1.01. The van der Waals surface area contributed by atoms with Crippen LogP contribution in [0.3, 0.4) is 0 Å². The van der Waals surface area contributed by atoms with Crippen molar-refractivity contribution in [2.24, 2.45) is 0 Å². The molecule has 52 heavy (non-hydrogen) atoms. The van der Waals surface area contributed by atoms with E-state index in [1.54, 1.807) is 36.4 Å². The van der Waals surface area contributed by atoms with Crippen molar-refractivity contribution in [1.29, 1.82) is 0 Å². The Labute approximate surface area is 303 Å². The Morgan fingerprint density at radius 2 is 1.50 bits per heavy atom. The number of anilines is 5. The van der Waals surface area contributed by atoms with Gasteiger partial charge in [-0.1, -0.05) is 55.8 Å². The number of nitrogens with zero attached hydrogens (tertiary/aromatic N) is 3. The minimum absolute atomic E-state index is 0.0275. The van der Waals surface area contributed by atoms with Gasteiger partial charge in [-0.2, -0.15) is 28.1 Å². The van der Waals surface area contributed by atoms with E-state index in [1.165, 1.54) is 19.3 Å². The third-order valence-corrected chi connectivity index (χ3v) is 9.44. The summed E-state index contributed by atoms with van der Waals surface area (Å²) in [4.78, 5) is 49.7. The van der Waals surface area contributed by atoms with Gasteiger partial charge in [-0.25, -0.2) is 0 Å². The maximum Gasteiger partial charge on any atom is 0.422 e. The van der Waals surface area contributed by atoms with Gasteiger partial charge in [0.1, 0.15) is 11.4 Å². The van der Waals surface area contributed by atoms with Gasteiger partial charge in [-0.05, 0) is 74.1 Å². The van der Waals surface area contributed by atoms with Crippen molar-refractivity contribution >= 4 is 46.5 Å². The van der Waals surface area contributed by atoms with Crippen LogP contribution in [-0.4, -0.2) is 52.8 Å². The fourth-order valence-corrected chi connectivity index (χ4v) is 6.34. The summed E-state index contributed by atoms with van der Waals surface area (Å²) in [6.07, 6.45) is 5.18. The van der Waals surface area contributed by atoms with E-state index in [2.05, 4.69) is 41.5 Å². The first-order valence-corrected chi connectivity index (χ1v) is 17.8. The molecule has 2 aliphatic carbocycles. The number of carbonyl (C=O) groups is 1. The smallest absolute Gasteiger partial charge is 0.422 e. The Bertz CT molecular complexity index is 1910. The van der Waals surface area contributed by atoms with Gasteiger partial charge in [-0.15, -0.1) is 0 Å². The van der Waals surface area contributed by atoms with E-state index in [9.17, 15) is 27.6 Å². The normalized spacial score (nSPS) is 16.0. The summed E-state index contributed by atoms with van der Waals surface area (Å²) in [5, 5.41) is 15.9. The van der Waals surface area contributed by atoms with Gasteiger partial charge < -0.3 is 31.3 Å². The van der Waals surface area contributed by atoms with E-state index in [1.807, 2.05) is 12.1 Å². The summed E-state index contributed by atoms with van der Waals surface area (Å²) in [5.41, 5.74) is 0.939. The van der Waals surface area contributed by atoms with E-state index in [0.29, 0.717) is 47.2 Å². The van der Waals surface area contributed by atoms with Crippen LogP contribution in [0.4, 0.5) is 42.1 Å². The van der Waals surface area contributed by atoms with Gasteiger partial charge in [0.2, 0.25) is 11.9 Å². The predicted octanol–water partition coefficient (Wildman–Crippen LogP) is 6.66. The molecule has 2 fully saturated rings. The lowest BCUT2D eigenvalue weighted by molar-refractivity contribution is -0.154. The monoisotopic (exact) mass is 740 g/mol. The minimum atomic E-state index is -4.59. The molecule has 6 rings (SSSR count). The van der Waals surface area contributed by atoms with Crippen molar-refractivity contribution in [2.75, 3.05) is 41.0 Å². The Hall–Kier alpha value is -4.92. The molecule has 0 spiro atoms. The Morgan fingerprint density at radius 3 is 2.17 bits per heavy atom. The first-order valence-electron chi connectivity index (χ1n) is 17.5. The van der Waals surface area contributed by atoms with Crippen LogP contribution in [0.15, 0.2) is 58.1 Å². The van der Waals surface area contributed by atoms with Crippen molar-refractivity contribution in [1.82, 2.24) is 20.3 Å². The number of aromatic nitrogens is 3. The van der Waals surface area contributed by atoms with Crippen LogP contribution in [0.2, 0.25) is 5.02 Å². The second kappa shape index (κ2) is 16.2. The van der Waals surface area contributed by atoms with Crippen molar-refractivity contribution < 1.29 is 22.7 Å². The predicted molar refractivity (Wildman–Crippen MR) is 194 cm³/mol. The van der Waals surface area contributed by atoms with E-state index >= 15 is 0 Å². The molecule has 0 bridgehead atoms. The van der Waals surface area contributed by atoms with E-state index in [4.69, 9.17) is 16.3 Å². The number of hydrogen-bond donors (Lipinski definition) is 5. The van der Waals surface area contributed by atoms with Crippen LogP contribution in [0.1, 0.15) is 80.1 Å². The number of benzene rings is 2. The molecule has 12 nitrogen and oxygen atoms in total. The third-order valence-electron chi connectivity index (χ3n) is 9.19. The zero-order chi connectivity index (χ0) is 36.7.